The van der Waals surface area contributed by atoms with E-state index in [0.29, 0.717) is 39.6 Å². The van der Waals surface area contributed by atoms with Gasteiger partial charge in [0.25, 0.3) is 0 Å². The van der Waals surface area contributed by atoms with Crippen LogP contribution in [0.15, 0.2) is 60.7 Å². The summed E-state index contributed by atoms with van der Waals surface area (Å²) < 4.78 is 43.4. The zero-order valence-corrected chi connectivity index (χ0v) is 16.8. The number of rotatable bonds is 16. The van der Waals surface area contributed by atoms with E-state index in [-0.39, 0.29) is 13.2 Å². The van der Waals surface area contributed by atoms with Crippen molar-refractivity contribution in [2.45, 2.75) is 0 Å². The van der Waals surface area contributed by atoms with Crippen LogP contribution in [0.4, 0.5) is 0 Å². The van der Waals surface area contributed by atoms with Gasteiger partial charge in [0.05, 0.1) is 39.6 Å². The SMILES string of the molecule is O=[PH](OCCOCCOc1ccccc1)OCCOCCOc1ccccc1. The van der Waals surface area contributed by atoms with Crippen LogP contribution < -0.4 is 9.47 Å². The summed E-state index contributed by atoms with van der Waals surface area (Å²) in [5, 5.41) is 0. The zero-order chi connectivity index (χ0) is 19.7. The highest BCUT2D eigenvalue weighted by Gasteiger charge is 2.00. The third-order valence-corrected chi connectivity index (χ3v) is 4.25. The molecule has 154 valence electrons. The van der Waals surface area contributed by atoms with Gasteiger partial charge in [0.1, 0.15) is 24.7 Å². The van der Waals surface area contributed by atoms with Crippen molar-refractivity contribution >= 4 is 8.25 Å². The maximum absolute atomic E-state index is 11.6. The largest absolute Gasteiger partial charge is 0.491 e. The Morgan fingerprint density at radius 3 is 1.36 bits per heavy atom. The molecule has 0 saturated heterocycles. The van der Waals surface area contributed by atoms with Crippen LogP contribution in [-0.2, 0) is 23.1 Å². The van der Waals surface area contributed by atoms with E-state index in [1.807, 2.05) is 60.7 Å². The molecule has 0 saturated carbocycles. The molecule has 0 aliphatic heterocycles. The molecular formula is C20H27O7P. The van der Waals surface area contributed by atoms with Crippen LogP contribution in [0, 0.1) is 0 Å². The number of benzene rings is 2. The molecule has 2 rings (SSSR count). The van der Waals surface area contributed by atoms with Gasteiger partial charge in [0, 0.05) is 0 Å². The van der Waals surface area contributed by atoms with Gasteiger partial charge in [0.2, 0.25) is 0 Å². The van der Waals surface area contributed by atoms with Crippen molar-refractivity contribution in [1.82, 2.24) is 0 Å². The Kier molecular flexibility index (Phi) is 12.1. The van der Waals surface area contributed by atoms with Crippen LogP contribution in [0.2, 0.25) is 0 Å². The Morgan fingerprint density at radius 2 is 0.929 bits per heavy atom. The van der Waals surface area contributed by atoms with Gasteiger partial charge >= 0.3 is 8.25 Å². The first-order valence-electron chi connectivity index (χ1n) is 9.15. The standard InChI is InChI=1S/C20H27O7P/c21-28(26-17-13-22-11-15-24-19-7-3-1-4-8-19)27-18-14-23-12-16-25-20-9-5-2-6-10-20/h1-10,28H,11-18H2. The molecule has 0 aromatic heterocycles. The van der Waals surface area contributed by atoms with Crippen LogP contribution in [0.3, 0.4) is 0 Å². The lowest BCUT2D eigenvalue weighted by atomic mass is 10.3. The Labute approximate surface area is 166 Å². The summed E-state index contributed by atoms with van der Waals surface area (Å²) in [6.07, 6.45) is 0. The van der Waals surface area contributed by atoms with Crippen LogP contribution in [-0.4, -0.2) is 52.9 Å². The molecule has 28 heavy (non-hydrogen) atoms. The van der Waals surface area contributed by atoms with Crippen molar-refractivity contribution in [2.24, 2.45) is 0 Å². The molecule has 0 amide bonds. The fourth-order valence-corrected chi connectivity index (χ4v) is 2.67. The zero-order valence-electron chi connectivity index (χ0n) is 15.8. The second-order valence-electron chi connectivity index (χ2n) is 5.49. The predicted octanol–water partition coefficient (Wildman–Crippen LogP) is 3.60. The Bertz CT molecular complexity index is 584. The highest BCUT2D eigenvalue weighted by atomic mass is 31.1. The highest BCUT2D eigenvalue weighted by Crippen LogP contribution is 2.22. The van der Waals surface area contributed by atoms with E-state index in [1.54, 1.807) is 0 Å². The van der Waals surface area contributed by atoms with E-state index in [0.717, 1.165) is 11.5 Å². The summed E-state index contributed by atoms with van der Waals surface area (Å²) in [6, 6.07) is 19.0. The smallest absolute Gasteiger partial charge is 0.319 e. The molecule has 0 unspecified atom stereocenters. The van der Waals surface area contributed by atoms with E-state index < -0.39 is 8.25 Å². The minimum absolute atomic E-state index is 0.203. The first-order chi connectivity index (χ1) is 13.8. The molecule has 2 aromatic carbocycles. The Hall–Kier alpha value is -1.89. The van der Waals surface area contributed by atoms with Gasteiger partial charge in [-0.1, -0.05) is 36.4 Å². The average molecular weight is 410 g/mol. The molecule has 0 aliphatic rings. The van der Waals surface area contributed by atoms with Crippen molar-refractivity contribution in [3.8, 4) is 11.5 Å². The molecular weight excluding hydrogens is 383 g/mol. The number of ether oxygens (including phenoxy) is 4. The van der Waals surface area contributed by atoms with Crippen molar-refractivity contribution in [2.75, 3.05) is 52.9 Å². The number of hydrogen-bond donors (Lipinski definition) is 0. The second-order valence-corrected chi connectivity index (χ2v) is 6.57. The first kappa shape index (κ1) is 22.4. The second kappa shape index (κ2) is 15.1. The molecule has 0 aliphatic carbocycles. The van der Waals surface area contributed by atoms with E-state index in [4.69, 9.17) is 28.0 Å². The van der Waals surface area contributed by atoms with Crippen LogP contribution in [0.25, 0.3) is 0 Å². The lowest BCUT2D eigenvalue weighted by molar-refractivity contribution is 0.0614. The van der Waals surface area contributed by atoms with Gasteiger partial charge in [-0.25, -0.2) is 0 Å². The topological polar surface area (TPSA) is 72.5 Å². The third kappa shape index (κ3) is 11.1. The Balaban J connectivity index is 1.33. The van der Waals surface area contributed by atoms with Crippen LogP contribution in [0.1, 0.15) is 0 Å². The first-order valence-corrected chi connectivity index (χ1v) is 10.4. The molecule has 0 radical (unpaired) electrons. The summed E-state index contributed by atoms with van der Waals surface area (Å²) in [7, 11) is -2.53. The van der Waals surface area contributed by atoms with E-state index in [1.165, 1.54) is 0 Å². The van der Waals surface area contributed by atoms with Gasteiger partial charge in [-0.2, -0.15) is 0 Å². The Morgan fingerprint density at radius 1 is 0.536 bits per heavy atom. The minimum Gasteiger partial charge on any atom is -0.491 e. The number of hydrogen-bond acceptors (Lipinski definition) is 7. The highest BCUT2D eigenvalue weighted by molar-refractivity contribution is 7.33. The summed E-state index contributed by atoms with van der Waals surface area (Å²) >= 11 is 0. The minimum atomic E-state index is -2.53. The molecule has 2 aromatic rings. The normalized spacial score (nSPS) is 10.9. The average Bonchev–Trinajstić information content (AvgIpc) is 2.74. The fraction of sp³-hybridized carbons (Fsp3) is 0.400. The molecule has 0 heterocycles. The molecule has 0 fully saturated rings. The van der Waals surface area contributed by atoms with Crippen molar-refractivity contribution in [3.05, 3.63) is 60.7 Å². The lowest BCUT2D eigenvalue weighted by Gasteiger charge is -2.09. The van der Waals surface area contributed by atoms with E-state index >= 15 is 0 Å². The van der Waals surface area contributed by atoms with E-state index in [9.17, 15) is 4.57 Å². The van der Waals surface area contributed by atoms with Crippen LogP contribution in [0.5, 0.6) is 11.5 Å². The summed E-state index contributed by atoms with van der Waals surface area (Å²) in [5.41, 5.74) is 0. The van der Waals surface area contributed by atoms with Gasteiger partial charge in [0.15, 0.2) is 0 Å². The van der Waals surface area contributed by atoms with Gasteiger partial charge in [-0.3, -0.25) is 4.57 Å². The van der Waals surface area contributed by atoms with Crippen molar-refractivity contribution in [1.29, 1.82) is 0 Å². The molecule has 7 nitrogen and oxygen atoms in total. The summed E-state index contributed by atoms with van der Waals surface area (Å²) in [4.78, 5) is 0. The third-order valence-electron chi connectivity index (χ3n) is 3.37. The molecule has 0 bridgehead atoms. The van der Waals surface area contributed by atoms with Gasteiger partial charge < -0.3 is 28.0 Å². The molecule has 8 heteroatoms. The maximum atomic E-state index is 11.6. The quantitative estimate of drug-likeness (QED) is 0.309. The predicted molar refractivity (Wildman–Crippen MR) is 106 cm³/mol. The van der Waals surface area contributed by atoms with E-state index in [2.05, 4.69) is 0 Å². The van der Waals surface area contributed by atoms with Crippen molar-refractivity contribution < 1.29 is 32.6 Å². The maximum Gasteiger partial charge on any atom is 0.319 e. The van der Waals surface area contributed by atoms with Gasteiger partial charge in [-0.15, -0.1) is 0 Å². The monoisotopic (exact) mass is 410 g/mol. The van der Waals surface area contributed by atoms with Crippen molar-refractivity contribution in [3.63, 3.8) is 0 Å². The van der Waals surface area contributed by atoms with Gasteiger partial charge in [-0.05, 0) is 24.3 Å². The molecule has 0 N–H and O–H groups in total. The summed E-state index contributed by atoms with van der Waals surface area (Å²) in [6.45, 7) is 2.81. The molecule has 0 atom stereocenters. The van der Waals surface area contributed by atoms with Crippen LogP contribution >= 0.6 is 8.25 Å². The summed E-state index contributed by atoms with van der Waals surface area (Å²) in [5.74, 6) is 1.60. The number of para-hydroxylation sites is 2. The lowest BCUT2D eigenvalue weighted by Crippen LogP contribution is -2.10. The molecule has 0 spiro atoms. The fourth-order valence-electron chi connectivity index (χ4n) is 2.08.